The molecule has 108 valence electrons. The van der Waals surface area contributed by atoms with Crippen molar-refractivity contribution in [2.75, 3.05) is 21.2 Å². The van der Waals surface area contributed by atoms with Gasteiger partial charge in [-0.25, -0.2) is 4.39 Å². The molecule has 2 N–H and O–H groups in total. The first-order chi connectivity index (χ1) is 8.74. The molecule has 1 aromatic rings. The van der Waals surface area contributed by atoms with E-state index in [-0.39, 0.29) is 23.1 Å². The van der Waals surface area contributed by atoms with E-state index in [0.717, 1.165) is 18.4 Å². The molecule has 0 fully saturated rings. The van der Waals surface area contributed by atoms with E-state index in [2.05, 4.69) is 4.90 Å². The van der Waals surface area contributed by atoms with Crippen LogP contribution in [0.2, 0.25) is 0 Å². The molecule has 1 aromatic carbocycles. The number of rotatable bonds is 6. The lowest BCUT2D eigenvalue weighted by Crippen LogP contribution is -2.33. The fourth-order valence-electron chi connectivity index (χ4n) is 2.12. The normalized spacial score (nSPS) is 13.7. The van der Waals surface area contributed by atoms with E-state index in [0.29, 0.717) is 0 Å². The van der Waals surface area contributed by atoms with E-state index in [4.69, 9.17) is 10.5 Å². The summed E-state index contributed by atoms with van der Waals surface area (Å²) in [6, 6.07) is 5.29. The van der Waals surface area contributed by atoms with Crippen LogP contribution in [0.5, 0.6) is 5.75 Å². The van der Waals surface area contributed by atoms with Crippen molar-refractivity contribution in [3.63, 3.8) is 0 Å². The molecular weight excluding hydrogens is 243 g/mol. The highest BCUT2D eigenvalue weighted by Gasteiger charge is 2.20. The van der Waals surface area contributed by atoms with Crippen molar-refractivity contribution in [1.29, 1.82) is 0 Å². The third-order valence-electron chi connectivity index (χ3n) is 3.25. The Labute approximate surface area is 115 Å². The zero-order valence-corrected chi connectivity index (χ0v) is 12.5. The highest BCUT2D eigenvalue weighted by Crippen LogP contribution is 2.29. The van der Waals surface area contributed by atoms with Gasteiger partial charge in [0, 0.05) is 11.6 Å². The van der Waals surface area contributed by atoms with Gasteiger partial charge in [0.05, 0.1) is 7.11 Å². The van der Waals surface area contributed by atoms with Crippen LogP contribution >= 0.6 is 0 Å². The minimum absolute atomic E-state index is 0.156. The van der Waals surface area contributed by atoms with E-state index in [1.54, 1.807) is 12.1 Å². The van der Waals surface area contributed by atoms with Crippen molar-refractivity contribution in [2.45, 2.75) is 38.3 Å². The quantitative estimate of drug-likeness (QED) is 0.862. The van der Waals surface area contributed by atoms with E-state index in [1.807, 2.05) is 34.0 Å². The molecule has 0 heterocycles. The molecule has 0 aliphatic heterocycles. The standard InChI is InChI=1S/C15H25FN2O/c1-15(2,17)9-8-13(18(3)4)11-6-7-14(19-5)12(16)10-11/h6-7,10,13H,8-9,17H2,1-5H3. The van der Waals surface area contributed by atoms with Crippen LogP contribution in [0.3, 0.4) is 0 Å². The fourth-order valence-corrected chi connectivity index (χ4v) is 2.12. The summed E-state index contributed by atoms with van der Waals surface area (Å²) < 4.78 is 18.7. The van der Waals surface area contributed by atoms with Gasteiger partial charge < -0.3 is 15.4 Å². The Kier molecular flexibility index (Phi) is 5.32. The minimum Gasteiger partial charge on any atom is -0.494 e. The van der Waals surface area contributed by atoms with Crippen LogP contribution in [0.15, 0.2) is 18.2 Å². The van der Waals surface area contributed by atoms with Crippen LogP contribution in [-0.2, 0) is 0 Å². The lowest BCUT2D eigenvalue weighted by molar-refractivity contribution is 0.260. The van der Waals surface area contributed by atoms with Gasteiger partial charge in [0.1, 0.15) is 0 Å². The number of nitrogens with two attached hydrogens (primary N) is 1. The topological polar surface area (TPSA) is 38.5 Å². The molecule has 4 heteroatoms. The zero-order valence-electron chi connectivity index (χ0n) is 12.5. The number of hydrogen-bond donors (Lipinski definition) is 1. The predicted molar refractivity (Wildman–Crippen MR) is 76.9 cm³/mol. The summed E-state index contributed by atoms with van der Waals surface area (Å²) in [5.41, 5.74) is 6.77. The van der Waals surface area contributed by atoms with Crippen molar-refractivity contribution in [3.05, 3.63) is 29.6 Å². The van der Waals surface area contributed by atoms with E-state index < -0.39 is 0 Å². The Morgan fingerprint density at radius 1 is 1.37 bits per heavy atom. The summed E-state index contributed by atoms with van der Waals surface area (Å²) in [5, 5.41) is 0. The lowest BCUT2D eigenvalue weighted by atomic mass is 9.93. The second kappa shape index (κ2) is 6.35. The maximum absolute atomic E-state index is 13.8. The third-order valence-corrected chi connectivity index (χ3v) is 3.25. The number of nitrogens with zero attached hydrogens (tertiary/aromatic N) is 1. The predicted octanol–water partition coefficient (Wildman–Crippen LogP) is 2.95. The molecule has 0 amide bonds. The van der Waals surface area contributed by atoms with Crippen molar-refractivity contribution in [3.8, 4) is 5.75 Å². The van der Waals surface area contributed by atoms with Crippen LogP contribution in [-0.4, -0.2) is 31.6 Å². The first-order valence-electron chi connectivity index (χ1n) is 6.53. The van der Waals surface area contributed by atoms with Crippen LogP contribution in [0, 0.1) is 5.82 Å². The van der Waals surface area contributed by atoms with Crippen LogP contribution in [0.25, 0.3) is 0 Å². The molecule has 0 radical (unpaired) electrons. The van der Waals surface area contributed by atoms with Gasteiger partial charge in [0.15, 0.2) is 11.6 Å². The van der Waals surface area contributed by atoms with E-state index >= 15 is 0 Å². The smallest absolute Gasteiger partial charge is 0.165 e. The van der Waals surface area contributed by atoms with Crippen molar-refractivity contribution < 1.29 is 9.13 Å². The fraction of sp³-hybridized carbons (Fsp3) is 0.600. The largest absolute Gasteiger partial charge is 0.494 e. The monoisotopic (exact) mass is 268 g/mol. The second-order valence-electron chi connectivity index (χ2n) is 5.90. The molecule has 0 bridgehead atoms. The lowest BCUT2D eigenvalue weighted by Gasteiger charge is -2.28. The Bertz CT molecular complexity index is 413. The minimum atomic E-state index is -0.321. The molecule has 1 atom stereocenters. The highest BCUT2D eigenvalue weighted by molar-refractivity contribution is 5.31. The van der Waals surface area contributed by atoms with E-state index in [1.165, 1.54) is 7.11 Å². The maximum atomic E-state index is 13.8. The summed E-state index contributed by atoms with van der Waals surface area (Å²) in [6.07, 6.45) is 1.77. The van der Waals surface area contributed by atoms with Gasteiger partial charge in [0.2, 0.25) is 0 Å². The van der Waals surface area contributed by atoms with Crippen molar-refractivity contribution in [2.24, 2.45) is 5.73 Å². The van der Waals surface area contributed by atoms with Crippen LogP contribution in [0.1, 0.15) is 38.3 Å². The van der Waals surface area contributed by atoms with Gasteiger partial charge >= 0.3 is 0 Å². The Morgan fingerprint density at radius 2 is 2.00 bits per heavy atom. The number of ether oxygens (including phenoxy) is 1. The summed E-state index contributed by atoms with van der Waals surface area (Å²) in [7, 11) is 5.46. The maximum Gasteiger partial charge on any atom is 0.165 e. The molecule has 19 heavy (non-hydrogen) atoms. The number of halogens is 1. The molecule has 0 aromatic heterocycles. The molecular formula is C15H25FN2O. The summed E-state index contributed by atoms with van der Waals surface area (Å²) in [4.78, 5) is 2.09. The SMILES string of the molecule is COc1ccc(C(CCC(C)(C)N)N(C)C)cc1F. The van der Waals surface area contributed by atoms with E-state index in [9.17, 15) is 4.39 Å². The van der Waals surface area contributed by atoms with Gasteiger partial charge in [-0.1, -0.05) is 6.07 Å². The summed E-state index contributed by atoms with van der Waals surface area (Å²) in [6.45, 7) is 4.02. The average Bonchev–Trinajstić information content (AvgIpc) is 2.27. The number of benzene rings is 1. The van der Waals surface area contributed by atoms with Gasteiger partial charge in [-0.2, -0.15) is 0 Å². The Morgan fingerprint density at radius 3 is 2.42 bits per heavy atom. The first-order valence-corrected chi connectivity index (χ1v) is 6.53. The number of hydrogen-bond acceptors (Lipinski definition) is 3. The molecule has 3 nitrogen and oxygen atoms in total. The van der Waals surface area contributed by atoms with Crippen LogP contribution in [0.4, 0.5) is 4.39 Å². The van der Waals surface area contributed by atoms with Crippen LogP contribution < -0.4 is 10.5 Å². The summed E-state index contributed by atoms with van der Waals surface area (Å²) >= 11 is 0. The van der Waals surface area contributed by atoms with Crippen molar-refractivity contribution in [1.82, 2.24) is 4.90 Å². The molecule has 1 rings (SSSR count). The first kappa shape index (κ1) is 15.9. The molecule has 0 saturated carbocycles. The van der Waals surface area contributed by atoms with Crippen molar-refractivity contribution >= 4 is 0 Å². The molecule has 0 aliphatic rings. The third kappa shape index (κ3) is 4.80. The van der Waals surface area contributed by atoms with Gasteiger partial charge in [-0.3, -0.25) is 0 Å². The highest BCUT2D eigenvalue weighted by atomic mass is 19.1. The van der Waals surface area contributed by atoms with Gasteiger partial charge in [-0.05, 0) is 58.5 Å². The van der Waals surface area contributed by atoms with Gasteiger partial charge in [0.25, 0.3) is 0 Å². The molecule has 0 spiro atoms. The average molecular weight is 268 g/mol. The Balaban J connectivity index is 2.90. The number of methoxy groups -OCH3 is 1. The second-order valence-corrected chi connectivity index (χ2v) is 5.90. The molecule has 0 saturated heterocycles. The Hall–Kier alpha value is -1.13. The molecule has 1 unspecified atom stereocenters. The van der Waals surface area contributed by atoms with Gasteiger partial charge in [-0.15, -0.1) is 0 Å². The zero-order chi connectivity index (χ0) is 14.6. The molecule has 0 aliphatic carbocycles. The summed E-state index contributed by atoms with van der Waals surface area (Å²) in [5.74, 6) is -0.0423.